The number of nitrogens with zero attached hydrogens (tertiary/aromatic N) is 3. The Morgan fingerprint density at radius 2 is 1.89 bits per heavy atom. The minimum absolute atomic E-state index is 0.0356. The quantitative estimate of drug-likeness (QED) is 0.711. The fourth-order valence-corrected chi connectivity index (χ4v) is 3.98. The first-order valence-electron chi connectivity index (χ1n) is 10.1. The molecule has 1 aliphatic rings. The number of pyridine rings is 2. The summed E-state index contributed by atoms with van der Waals surface area (Å²) < 4.78 is 0. The summed E-state index contributed by atoms with van der Waals surface area (Å²) in [6.07, 6.45) is 7.05. The molecule has 0 spiro atoms. The molecule has 2 aromatic heterocycles. The highest BCUT2D eigenvalue weighted by Crippen LogP contribution is 2.24. The summed E-state index contributed by atoms with van der Waals surface area (Å²) >= 11 is 0. The van der Waals surface area contributed by atoms with E-state index in [1.54, 1.807) is 12.4 Å². The third kappa shape index (κ3) is 3.90. The van der Waals surface area contributed by atoms with E-state index in [9.17, 15) is 4.79 Å². The summed E-state index contributed by atoms with van der Waals surface area (Å²) in [5, 5.41) is 4.06. The zero-order valence-corrected chi connectivity index (χ0v) is 16.3. The Bertz CT molecular complexity index is 951. The summed E-state index contributed by atoms with van der Waals surface area (Å²) in [6, 6.07) is 13.9. The van der Waals surface area contributed by atoms with Crippen LogP contribution in [-0.4, -0.2) is 46.5 Å². The van der Waals surface area contributed by atoms with Crippen molar-refractivity contribution in [2.24, 2.45) is 0 Å². The topological polar surface area (TPSA) is 58.1 Å². The molecule has 0 aliphatic carbocycles. The number of fused-ring (bicyclic) bond motifs is 1. The Kier molecular flexibility index (Phi) is 5.63. The SMILES string of the molecule is CCC(CNC(=O)c1cc(-c2ccncc2)nc2ccccc12)N1CCCC1. The van der Waals surface area contributed by atoms with Gasteiger partial charge in [0.15, 0.2) is 0 Å². The first-order valence-corrected chi connectivity index (χ1v) is 10.1. The van der Waals surface area contributed by atoms with Gasteiger partial charge in [-0.05, 0) is 56.6 Å². The number of para-hydroxylation sites is 1. The molecule has 3 aromatic rings. The van der Waals surface area contributed by atoms with E-state index in [1.807, 2.05) is 42.5 Å². The van der Waals surface area contributed by atoms with E-state index in [0.29, 0.717) is 18.2 Å². The standard InChI is InChI=1S/C23H26N4O/c1-2-18(27-13-5-6-14-27)16-25-23(28)20-15-22(17-9-11-24-12-10-17)26-21-8-4-3-7-19(20)21/h3-4,7-12,15,18H,2,5-6,13-14,16H2,1H3,(H,25,28). The van der Waals surface area contributed by atoms with E-state index in [-0.39, 0.29) is 5.91 Å². The van der Waals surface area contributed by atoms with Crippen LogP contribution in [0.2, 0.25) is 0 Å². The number of rotatable bonds is 6. The molecule has 0 bridgehead atoms. The summed E-state index contributed by atoms with van der Waals surface area (Å²) in [4.78, 5) is 24.4. The molecule has 1 aromatic carbocycles. The summed E-state index contributed by atoms with van der Waals surface area (Å²) in [6.45, 7) is 5.15. The fraction of sp³-hybridized carbons (Fsp3) is 0.348. The van der Waals surface area contributed by atoms with Crippen LogP contribution in [-0.2, 0) is 0 Å². The van der Waals surface area contributed by atoms with Crippen LogP contribution in [0.3, 0.4) is 0 Å². The van der Waals surface area contributed by atoms with Crippen molar-refractivity contribution in [1.82, 2.24) is 20.2 Å². The molecule has 0 radical (unpaired) electrons. The van der Waals surface area contributed by atoms with Gasteiger partial charge in [0, 0.05) is 35.9 Å². The predicted octanol–water partition coefficient (Wildman–Crippen LogP) is 3.90. The van der Waals surface area contributed by atoms with E-state index in [1.165, 1.54) is 12.8 Å². The lowest BCUT2D eigenvalue weighted by atomic mass is 10.0. The van der Waals surface area contributed by atoms with Crippen LogP contribution in [0.1, 0.15) is 36.5 Å². The molecule has 5 nitrogen and oxygen atoms in total. The second-order valence-corrected chi connectivity index (χ2v) is 7.32. The van der Waals surface area contributed by atoms with Gasteiger partial charge >= 0.3 is 0 Å². The number of hydrogen-bond acceptors (Lipinski definition) is 4. The average molecular weight is 374 g/mol. The largest absolute Gasteiger partial charge is 0.350 e. The molecule has 1 atom stereocenters. The molecule has 3 heterocycles. The van der Waals surface area contributed by atoms with E-state index in [0.717, 1.165) is 41.7 Å². The summed E-state index contributed by atoms with van der Waals surface area (Å²) in [5.74, 6) is -0.0356. The van der Waals surface area contributed by atoms with Crippen molar-refractivity contribution in [3.8, 4) is 11.3 Å². The van der Waals surface area contributed by atoms with E-state index < -0.39 is 0 Å². The highest BCUT2D eigenvalue weighted by atomic mass is 16.1. The smallest absolute Gasteiger partial charge is 0.252 e. The van der Waals surface area contributed by atoms with Crippen LogP contribution in [0.4, 0.5) is 0 Å². The van der Waals surface area contributed by atoms with Gasteiger partial charge in [0.1, 0.15) is 0 Å². The Balaban J connectivity index is 1.62. The van der Waals surface area contributed by atoms with Gasteiger partial charge in [-0.25, -0.2) is 4.98 Å². The van der Waals surface area contributed by atoms with Gasteiger partial charge in [-0.3, -0.25) is 14.7 Å². The normalized spacial score (nSPS) is 15.6. The molecular weight excluding hydrogens is 348 g/mol. The van der Waals surface area contributed by atoms with Crippen LogP contribution < -0.4 is 5.32 Å². The number of nitrogens with one attached hydrogen (secondary N) is 1. The highest BCUT2D eigenvalue weighted by molar-refractivity contribution is 6.07. The minimum atomic E-state index is -0.0356. The molecule has 1 aliphatic heterocycles. The van der Waals surface area contributed by atoms with Gasteiger partial charge in [-0.1, -0.05) is 25.1 Å². The van der Waals surface area contributed by atoms with Gasteiger partial charge in [0.25, 0.3) is 5.91 Å². The Labute approximate surface area is 165 Å². The molecule has 5 heteroatoms. The molecule has 28 heavy (non-hydrogen) atoms. The zero-order valence-electron chi connectivity index (χ0n) is 16.3. The van der Waals surface area contributed by atoms with Crippen molar-refractivity contribution in [2.45, 2.75) is 32.2 Å². The summed E-state index contributed by atoms with van der Waals surface area (Å²) in [5.41, 5.74) is 3.25. The molecule has 144 valence electrons. The van der Waals surface area contributed by atoms with Gasteiger partial charge in [-0.2, -0.15) is 0 Å². The molecule has 1 saturated heterocycles. The first-order chi connectivity index (χ1) is 13.8. The number of amides is 1. The second kappa shape index (κ2) is 8.48. The van der Waals surface area contributed by atoms with E-state index in [4.69, 9.17) is 4.98 Å². The van der Waals surface area contributed by atoms with E-state index >= 15 is 0 Å². The first kappa shape index (κ1) is 18.6. The average Bonchev–Trinajstić information content (AvgIpc) is 3.28. The van der Waals surface area contributed by atoms with Crippen molar-refractivity contribution in [3.63, 3.8) is 0 Å². The monoisotopic (exact) mass is 374 g/mol. The molecule has 1 N–H and O–H groups in total. The molecular formula is C23H26N4O. The van der Waals surface area contributed by atoms with Crippen molar-refractivity contribution in [3.05, 3.63) is 60.4 Å². The lowest BCUT2D eigenvalue weighted by molar-refractivity contribution is 0.0938. The lowest BCUT2D eigenvalue weighted by Crippen LogP contribution is -2.42. The number of benzene rings is 1. The number of hydrogen-bond donors (Lipinski definition) is 1. The minimum Gasteiger partial charge on any atom is -0.350 e. The Hall–Kier alpha value is -2.79. The van der Waals surface area contributed by atoms with Crippen LogP contribution in [0.15, 0.2) is 54.9 Å². The summed E-state index contributed by atoms with van der Waals surface area (Å²) in [7, 11) is 0. The molecule has 4 rings (SSSR count). The molecule has 1 unspecified atom stereocenters. The van der Waals surface area contributed by atoms with Crippen LogP contribution >= 0.6 is 0 Å². The van der Waals surface area contributed by atoms with Crippen LogP contribution in [0.5, 0.6) is 0 Å². The predicted molar refractivity (Wildman–Crippen MR) is 112 cm³/mol. The number of carbonyl (C=O) groups excluding carboxylic acids is 1. The van der Waals surface area contributed by atoms with Crippen LogP contribution in [0, 0.1) is 0 Å². The Morgan fingerprint density at radius 3 is 2.64 bits per heavy atom. The van der Waals surface area contributed by atoms with Gasteiger partial charge in [0.05, 0.1) is 16.8 Å². The molecule has 1 amide bonds. The van der Waals surface area contributed by atoms with Gasteiger partial charge in [-0.15, -0.1) is 0 Å². The zero-order chi connectivity index (χ0) is 19.3. The van der Waals surface area contributed by atoms with Gasteiger partial charge < -0.3 is 5.32 Å². The van der Waals surface area contributed by atoms with Crippen molar-refractivity contribution < 1.29 is 4.79 Å². The van der Waals surface area contributed by atoms with Crippen molar-refractivity contribution >= 4 is 16.8 Å². The van der Waals surface area contributed by atoms with E-state index in [2.05, 4.69) is 22.1 Å². The number of carbonyl (C=O) groups is 1. The third-order valence-corrected chi connectivity index (χ3v) is 5.56. The molecule has 0 saturated carbocycles. The second-order valence-electron chi connectivity index (χ2n) is 7.32. The maximum absolute atomic E-state index is 13.1. The van der Waals surface area contributed by atoms with Crippen molar-refractivity contribution in [2.75, 3.05) is 19.6 Å². The van der Waals surface area contributed by atoms with Crippen LogP contribution in [0.25, 0.3) is 22.2 Å². The van der Waals surface area contributed by atoms with Crippen molar-refractivity contribution in [1.29, 1.82) is 0 Å². The lowest BCUT2D eigenvalue weighted by Gasteiger charge is -2.26. The molecule has 1 fully saturated rings. The maximum atomic E-state index is 13.1. The Morgan fingerprint density at radius 1 is 1.14 bits per heavy atom. The highest BCUT2D eigenvalue weighted by Gasteiger charge is 2.21. The number of likely N-dealkylation sites (tertiary alicyclic amines) is 1. The number of aromatic nitrogens is 2. The third-order valence-electron chi connectivity index (χ3n) is 5.56. The van der Waals surface area contributed by atoms with Gasteiger partial charge in [0.2, 0.25) is 0 Å². The maximum Gasteiger partial charge on any atom is 0.252 e. The fourth-order valence-electron chi connectivity index (χ4n) is 3.98.